The first-order valence-electron chi connectivity index (χ1n) is 6.00. The second kappa shape index (κ2) is 4.85. The maximum atomic E-state index is 12.3. The summed E-state index contributed by atoms with van der Waals surface area (Å²) in [5.74, 6) is 0.889. The van der Waals surface area contributed by atoms with Crippen LogP contribution in [0.4, 0.5) is 0 Å². The number of nitrogens with zero attached hydrogens (tertiary/aromatic N) is 1. The molecule has 1 fully saturated rings. The van der Waals surface area contributed by atoms with Crippen molar-refractivity contribution in [3.63, 3.8) is 0 Å². The van der Waals surface area contributed by atoms with Gasteiger partial charge in [-0.3, -0.25) is 4.79 Å². The number of carbonyl (C=O) groups is 1. The van der Waals surface area contributed by atoms with Gasteiger partial charge in [0.25, 0.3) is 10.0 Å². The SMILES string of the molecule is CC1CCN(S(=O)(=O)c2ccc(C=O)o2)CC1C. The Morgan fingerprint density at radius 2 is 2.06 bits per heavy atom. The van der Waals surface area contributed by atoms with Crippen molar-refractivity contribution in [2.45, 2.75) is 25.4 Å². The number of piperidine rings is 1. The monoisotopic (exact) mass is 271 g/mol. The molecule has 0 aliphatic carbocycles. The van der Waals surface area contributed by atoms with Gasteiger partial charge in [0.1, 0.15) is 0 Å². The highest BCUT2D eigenvalue weighted by Gasteiger charge is 2.33. The van der Waals surface area contributed by atoms with E-state index in [9.17, 15) is 13.2 Å². The summed E-state index contributed by atoms with van der Waals surface area (Å²) in [7, 11) is -3.60. The number of furan rings is 1. The van der Waals surface area contributed by atoms with Gasteiger partial charge in [-0.05, 0) is 30.4 Å². The second-order valence-corrected chi connectivity index (χ2v) is 6.75. The van der Waals surface area contributed by atoms with Crippen LogP contribution in [0.15, 0.2) is 21.6 Å². The Hall–Kier alpha value is -1.14. The highest BCUT2D eigenvalue weighted by molar-refractivity contribution is 7.89. The van der Waals surface area contributed by atoms with Gasteiger partial charge in [-0.2, -0.15) is 4.31 Å². The van der Waals surface area contributed by atoms with Crippen molar-refractivity contribution in [3.05, 3.63) is 17.9 Å². The van der Waals surface area contributed by atoms with Crippen molar-refractivity contribution < 1.29 is 17.6 Å². The van der Waals surface area contributed by atoms with E-state index in [4.69, 9.17) is 4.42 Å². The van der Waals surface area contributed by atoms with E-state index in [1.54, 1.807) is 0 Å². The van der Waals surface area contributed by atoms with Gasteiger partial charge in [-0.1, -0.05) is 13.8 Å². The predicted octanol–water partition coefficient (Wildman–Crippen LogP) is 1.76. The molecule has 6 heteroatoms. The molecule has 0 saturated carbocycles. The summed E-state index contributed by atoms with van der Waals surface area (Å²) in [5, 5.41) is -0.147. The van der Waals surface area contributed by atoms with Crippen molar-refractivity contribution in [1.29, 1.82) is 0 Å². The molecule has 0 spiro atoms. The van der Waals surface area contributed by atoms with E-state index in [0.717, 1.165) is 6.42 Å². The van der Waals surface area contributed by atoms with Crippen LogP contribution in [0, 0.1) is 11.8 Å². The lowest BCUT2D eigenvalue weighted by Gasteiger charge is -2.33. The summed E-state index contributed by atoms with van der Waals surface area (Å²) in [5.41, 5.74) is 0. The highest BCUT2D eigenvalue weighted by Crippen LogP contribution is 2.27. The summed E-state index contributed by atoms with van der Waals surface area (Å²) in [6, 6.07) is 2.71. The molecule has 100 valence electrons. The van der Waals surface area contributed by atoms with E-state index < -0.39 is 10.0 Å². The summed E-state index contributed by atoms with van der Waals surface area (Å²) in [6.45, 7) is 5.18. The zero-order valence-electron chi connectivity index (χ0n) is 10.5. The number of hydrogen-bond donors (Lipinski definition) is 0. The van der Waals surface area contributed by atoms with E-state index in [1.165, 1.54) is 16.4 Å². The van der Waals surface area contributed by atoms with Crippen LogP contribution >= 0.6 is 0 Å². The molecule has 0 amide bonds. The molecule has 2 heterocycles. The van der Waals surface area contributed by atoms with Crippen LogP contribution in [0.3, 0.4) is 0 Å². The Bertz CT molecular complexity index is 534. The minimum atomic E-state index is -3.60. The minimum absolute atomic E-state index is 0.0343. The fraction of sp³-hybridized carbons (Fsp3) is 0.583. The van der Waals surface area contributed by atoms with Crippen LogP contribution < -0.4 is 0 Å². The Labute approximate surface area is 107 Å². The first kappa shape index (κ1) is 13.3. The van der Waals surface area contributed by atoms with Crippen LogP contribution in [0.5, 0.6) is 0 Å². The first-order chi connectivity index (χ1) is 8.45. The lowest BCUT2D eigenvalue weighted by atomic mass is 9.90. The predicted molar refractivity (Wildman–Crippen MR) is 65.8 cm³/mol. The van der Waals surface area contributed by atoms with Crippen LogP contribution in [0.25, 0.3) is 0 Å². The van der Waals surface area contributed by atoms with Gasteiger partial charge in [0.15, 0.2) is 12.0 Å². The van der Waals surface area contributed by atoms with Gasteiger partial charge in [0.05, 0.1) is 0 Å². The Balaban J connectivity index is 2.23. The third-order valence-corrected chi connectivity index (χ3v) is 5.35. The second-order valence-electron chi connectivity index (χ2n) is 4.88. The highest BCUT2D eigenvalue weighted by atomic mass is 32.2. The van der Waals surface area contributed by atoms with Gasteiger partial charge in [0, 0.05) is 13.1 Å². The Morgan fingerprint density at radius 3 is 2.61 bits per heavy atom. The van der Waals surface area contributed by atoms with Crippen molar-refractivity contribution in [2.75, 3.05) is 13.1 Å². The molecule has 18 heavy (non-hydrogen) atoms. The van der Waals surface area contributed by atoms with Crippen LogP contribution in [0.1, 0.15) is 30.8 Å². The molecular weight excluding hydrogens is 254 g/mol. The quantitative estimate of drug-likeness (QED) is 0.786. The molecule has 2 unspecified atom stereocenters. The Morgan fingerprint density at radius 1 is 1.33 bits per heavy atom. The smallest absolute Gasteiger partial charge is 0.276 e. The van der Waals surface area contributed by atoms with Crippen molar-refractivity contribution in [2.24, 2.45) is 11.8 Å². The molecule has 1 aromatic heterocycles. The minimum Gasteiger partial charge on any atom is -0.440 e. The van der Waals surface area contributed by atoms with Gasteiger partial charge in [-0.15, -0.1) is 0 Å². The van der Waals surface area contributed by atoms with Gasteiger partial charge < -0.3 is 4.42 Å². The standard InChI is InChI=1S/C12H17NO4S/c1-9-5-6-13(7-10(9)2)18(15,16)12-4-3-11(8-14)17-12/h3-4,8-10H,5-7H2,1-2H3. The molecule has 5 nitrogen and oxygen atoms in total. The zero-order valence-corrected chi connectivity index (χ0v) is 11.3. The number of hydrogen-bond acceptors (Lipinski definition) is 4. The summed E-state index contributed by atoms with van der Waals surface area (Å²) in [4.78, 5) is 10.5. The van der Waals surface area contributed by atoms with Gasteiger partial charge in [0.2, 0.25) is 5.09 Å². The average Bonchev–Trinajstić information content (AvgIpc) is 2.81. The topological polar surface area (TPSA) is 67.6 Å². The third kappa shape index (κ3) is 2.35. The fourth-order valence-electron chi connectivity index (χ4n) is 2.11. The molecule has 0 bridgehead atoms. The molecule has 2 rings (SSSR count). The van der Waals surface area contributed by atoms with Crippen LogP contribution in [-0.4, -0.2) is 32.1 Å². The molecule has 0 N–H and O–H groups in total. The molecule has 0 aromatic carbocycles. The fourth-order valence-corrected chi connectivity index (χ4v) is 3.58. The molecule has 1 aromatic rings. The molecule has 1 aliphatic rings. The molecule has 2 atom stereocenters. The number of aldehydes is 1. The summed E-state index contributed by atoms with van der Waals surface area (Å²) >= 11 is 0. The van der Waals surface area contributed by atoms with Crippen molar-refractivity contribution in [1.82, 2.24) is 4.31 Å². The maximum Gasteiger partial charge on any atom is 0.276 e. The largest absolute Gasteiger partial charge is 0.440 e. The molecule has 1 aliphatic heterocycles. The van der Waals surface area contributed by atoms with Gasteiger partial charge >= 0.3 is 0 Å². The molecule has 0 radical (unpaired) electrons. The van der Waals surface area contributed by atoms with Crippen LogP contribution in [0.2, 0.25) is 0 Å². The lowest BCUT2D eigenvalue weighted by molar-refractivity contribution is 0.109. The lowest BCUT2D eigenvalue weighted by Crippen LogP contribution is -2.42. The Kier molecular flexibility index (Phi) is 3.59. The maximum absolute atomic E-state index is 12.3. The summed E-state index contributed by atoms with van der Waals surface area (Å²) < 4.78 is 31.0. The van der Waals surface area contributed by atoms with E-state index in [-0.39, 0.29) is 10.9 Å². The van der Waals surface area contributed by atoms with E-state index >= 15 is 0 Å². The van der Waals surface area contributed by atoms with Crippen molar-refractivity contribution >= 4 is 16.3 Å². The number of sulfonamides is 1. The van der Waals surface area contributed by atoms with Crippen molar-refractivity contribution in [3.8, 4) is 0 Å². The first-order valence-corrected chi connectivity index (χ1v) is 7.44. The normalized spacial score (nSPS) is 26.1. The van der Waals surface area contributed by atoms with Crippen LogP contribution in [-0.2, 0) is 10.0 Å². The van der Waals surface area contributed by atoms with E-state index in [1.807, 2.05) is 6.92 Å². The number of carbonyl (C=O) groups excluding carboxylic acids is 1. The van der Waals surface area contributed by atoms with Gasteiger partial charge in [-0.25, -0.2) is 8.42 Å². The third-order valence-electron chi connectivity index (χ3n) is 3.61. The number of rotatable bonds is 3. The summed E-state index contributed by atoms with van der Waals surface area (Å²) in [6.07, 6.45) is 1.35. The zero-order chi connectivity index (χ0) is 13.3. The molecular formula is C12H17NO4S. The average molecular weight is 271 g/mol. The van der Waals surface area contributed by atoms with E-state index in [2.05, 4.69) is 6.92 Å². The van der Waals surface area contributed by atoms with E-state index in [0.29, 0.717) is 31.2 Å². The molecule has 1 saturated heterocycles.